The van der Waals surface area contributed by atoms with E-state index < -0.39 is 0 Å². The first kappa shape index (κ1) is 19.3. The van der Waals surface area contributed by atoms with Crippen LogP contribution in [0.15, 0.2) is 0 Å². The van der Waals surface area contributed by atoms with E-state index in [1.807, 2.05) is 27.7 Å². The fourth-order valence-electron chi connectivity index (χ4n) is 2.23. The second kappa shape index (κ2) is 7.44. The van der Waals surface area contributed by atoms with Gasteiger partial charge in [0.1, 0.15) is 0 Å². The van der Waals surface area contributed by atoms with Crippen LogP contribution in [0.1, 0.15) is 94.9 Å². The normalized spacial score (nSPS) is 21.5. The second-order valence-corrected chi connectivity index (χ2v) is 6.97. The molecule has 1 rings (SSSR count). The minimum absolute atomic E-state index is 0.476. The molecular formula is C17H38. The van der Waals surface area contributed by atoms with Crippen molar-refractivity contribution in [3.8, 4) is 0 Å². The van der Waals surface area contributed by atoms with Crippen LogP contribution >= 0.6 is 0 Å². The summed E-state index contributed by atoms with van der Waals surface area (Å²) in [5.41, 5.74) is 1.65. The van der Waals surface area contributed by atoms with Gasteiger partial charge in [-0.3, -0.25) is 0 Å². The minimum atomic E-state index is 0.476. The third kappa shape index (κ3) is 5.93. The maximum absolute atomic E-state index is 2.47. The molecule has 0 saturated heterocycles. The van der Waals surface area contributed by atoms with E-state index in [4.69, 9.17) is 0 Å². The zero-order valence-corrected chi connectivity index (χ0v) is 14.3. The van der Waals surface area contributed by atoms with Gasteiger partial charge in [0.15, 0.2) is 0 Å². The van der Waals surface area contributed by atoms with Gasteiger partial charge in [-0.05, 0) is 41.9 Å². The standard InChI is InChI=1S/C13H26.2C2H6/c1-11(2,3)13(6)9-7-12(4,5)8-10-13;2*1-2/h7-10H2,1-6H3;2*1-2H3. The molecule has 106 valence electrons. The Morgan fingerprint density at radius 1 is 0.647 bits per heavy atom. The maximum atomic E-state index is 2.47. The van der Waals surface area contributed by atoms with Gasteiger partial charge >= 0.3 is 0 Å². The van der Waals surface area contributed by atoms with Crippen molar-refractivity contribution in [1.29, 1.82) is 0 Å². The third-order valence-electron chi connectivity index (χ3n) is 4.52. The summed E-state index contributed by atoms with van der Waals surface area (Å²) in [5, 5.41) is 0. The highest BCUT2D eigenvalue weighted by Crippen LogP contribution is 2.53. The fourth-order valence-corrected chi connectivity index (χ4v) is 2.23. The molecule has 1 fully saturated rings. The quantitative estimate of drug-likeness (QED) is 0.444. The molecule has 0 bridgehead atoms. The SMILES string of the molecule is CC.CC.CC1(C)CCC(C)(C(C)(C)C)CC1. The molecule has 1 saturated carbocycles. The van der Waals surface area contributed by atoms with Gasteiger partial charge < -0.3 is 0 Å². The van der Waals surface area contributed by atoms with Gasteiger partial charge in [0.25, 0.3) is 0 Å². The summed E-state index contributed by atoms with van der Waals surface area (Å²) in [6.07, 6.45) is 5.62. The summed E-state index contributed by atoms with van der Waals surface area (Å²) in [4.78, 5) is 0. The van der Waals surface area contributed by atoms with E-state index in [2.05, 4.69) is 41.5 Å². The van der Waals surface area contributed by atoms with Crippen LogP contribution in [0, 0.1) is 16.2 Å². The van der Waals surface area contributed by atoms with Crippen LogP contribution in [0.4, 0.5) is 0 Å². The Bertz CT molecular complexity index is 171. The van der Waals surface area contributed by atoms with Crippen molar-refractivity contribution >= 4 is 0 Å². The van der Waals surface area contributed by atoms with Crippen molar-refractivity contribution < 1.29 is 0 Å². The first-order chi connectivity index (χ1) is 7.66. The van der Waals surface area contributed by atoms with Crippen LogP contribution in [0.25, 0.3) is 0 Å². The fraction of sp³-hybridized carbons (Fsp3) is 1.00. The van der Waals surface area contributed by atoms with Gasteiger partial charge in [-0.25, -0.2) is 0 Å². The summed E-state index contributed by atoms with van der Waals surface area (Å²) >= 11 is 0. The summed E-state index contributed by atoms with van der Waals surface area (Å²) in [5.74, 6) is 0. The van der Waals surface area contributed by atoms with Crippen molar-refractivity contribution in [2.24, 2.45) is 16.2 Å². The molecule has 0 amide bonds. The number of rotatable bonds is 0. The second-order valence-electron chi connectivity index (χ2n) is 6.97. The summed E-state index contributed by atoms with van der Waals surface area (Å²) < 4.78 is 0. The Morgan fingerprint density at radius 3 is 1.18 bits per heavy atom. The number of hydrogen-bond donors (Lipinski definition) is 0. The molecule has 0 aromatic rings. The molecule has 0 radical (unpaired) electrons. The van der Waals surface area contributed by atoms with Gasteiger partial charge in [-0.2, -0.15) is 0 Å². The largest absolute Gasteiger partial charge is 0.0683 e. The van der Waals surface area contributed by atoms with Gasteiger partial charge in [-0.1, -0.05) is 69.2 Å². The van der Waals surface area contributed by atoms with Gasteiger partial charge in [0, 0.05) is 0 Å². The Morgan fingerprint density at radius 2 is 0.941 bits per heavy atom. The van der Waals surface area contributed by atoms with Crippen molar-refractivity contribution in [3.63, 3.8) is 0 Å². The minimum Gasteiger partial charge on any atom is -0.0683 e. The molecule has 1 aliphatic carbocycles. The molecular weight excluding hydrogens is 204 g/mol. The van der Waals surface area contributed by atoms with Gasteiger partial charge in [-0.15, -0.1) is 0 Å². The Kier molecular flexibility index (Phi) is 8.46. The molecule has 0 aliphatic heterocycles. The van der Waals surface area contributed by atoms with Crippen molar-refractivity contribution in [2.45, 2.75) is 94.9 Å². The third-order valence-corrected chi connectivity index (χ3v) is 4.52. The van der Waals surface area contributed by atoms with Gasteiger partial charge in [0.2, 0.25) is 0 Å². The molecule has 0 nitrogen and oxygen atoms in total. The topological polar surface area (TPSA) is 0 Å². The zero-order chi connectivity index (χ0) is 14.3. The van der Waals surface area contributed by atoms with E-state index >= 15 is 0 Å². The van der Waals surface area contributed by atoms with E-state index in [1.165, 1.54) is 25.7 Å². The van der Waals surface area contributed by atoms with Crippen LogP contribution in [0.2, 0.25) is 0 Å². The maximum Gasteiger partial charge on any atom is -0.0277 e. The van der Waals surface area contributed by atoms with E-state index in [0.29, 0.717) is 16.2 Å². The van der Waals surface area contributed by atoms with Crippen LogP contribution < -0.4 is 0 Å². The van der Waals surface area contributed by atoms with E-state index in [0.717, 1.165) is 0 Å². The Hall–Kier alpha value is 0. The van der Waals surface area contributed by atoms with Crippen LogP contribution in [-0.2, 0) is 0 Å². The summed E-state index contributed by atoms with van der Waals surface area (Å²) in [7, 11) is 0. The Balaban J connectivity index is 0. The highest BCUT2D eigenvalue weighted by Gasteiger charge is 2.42. The lowest BCUT2D eigenvalue weighted by Gasteiger charge is -2.49. The molecule has 0 spiro atoms. The monoisotopic (exact) mass is 242 g/mol. The van der Waals surface area contributed by atoms with E-state index in [-0.39, 0.29) is 0 Å². The van der Waals surface area contributed by atoms with E-state index in [9.17, 15) is 0 Å². The summed E-state index contributed by atoms with van der Waals surface area (Å²) in [6, 6.07) is 0. The first-order valence-corrected chi connectivity index (χ1v) is 7.66. The lowest BCUT2D eigenvalue weighted by atomic mass is 9.56. The first-order valence-electron chi connectivity index (χ1n) is 7.66. The molecule has 0 heteroatoms. The average molecular weight is 242 g/mol. The van der Waals surface area contributed by atoms with E-state index in [1.54, 1.807) is 0 Å². The molecule has 17 heavy (non-hydrogen) atoms. The molecule has 0 aromatic carbocycles. The van der Waals surface area contributed by atoms with Gasteiger partial charge in [0.05, 0.1) is 0 Å². The van der Waals surface area contributed by atoms with Crippen LogP contribution in [0.3, 0.4) is 0 Å². The zero-order valence-electron chi connectivity index (χ0n) is 14.3. The lowest BCUT2D eigenvalue weighted by molar-refractivity contribution is 0.0180. The summed E-state index contributed by atoms with van der Waals surface area (Å²) in [6.45, 7) is 22.5. The highest BCUT2D eigenvalue weighted by molar-refractivity contribution is 4.92. The molecule has 0 atom stereocenters. The predicted octanol–water partition coefficient (Wildman–Crippen LogP) is 6.69. The van der Waals surface area contributed by atoms with Crippen molar-refractivity contribution in [1.82, 2.24) is 0 Å². The van der Waals surface area contributed by atoms with Crippen LogP contribution in [-0.4, -0.2) is 0 Å². The molecule has 0 N–H and O–H groups in total. The molecule has 1 aliphatic rings. The smallest absolute Gasteiger partial charge is 0.0277 e. The highest BCUT2D eigenvalue weighted by atomic mass is 14.5. The predicted molar refractivity (Wildman–Crippen MR) is 82.5 cm³/mol. The van der Waals surface area contributed by atoms with Crippen LogP contribution in [0.5, 0.6) is 0 Å². The van der Waals surface area contributed by atoms with Crippen molar-refractivity contribution in [2.75, 3.05) is 0 Å². The number of hydrogen-bond acceptors (Lipinski definition) is 0. The molecule has 0 unspecified atom stereocenters. The molecule has 0 heterocycles. The Labute approximate surface area is 112 Å². The molecule has 0 aromatic heterocycles. The lowest BCUT2D eigenvalue weighted by Crippen LogP contribution is -2.38. The average Bonchev–Trinajstić information content (AvgIpc) is 2.27. The van der Waals surface area contributed by atoms with Crippen molar-refractivity contribution in [3.05, 3.63) is 0 Å².